The standard InChI is InChI=1S/C17H20O2.C13H12O2/c1-10-5-14(6-11(2)16(10)18)9-15-7-12(3)17(19)13(4)8-15;14-12-5-1-10(2-6-12)9-11-3-7-13(15)8-4-11/h5-8,18-19H,9H2,1-4H3;1-8,14-15H,9H2. The van der Waals surface area contributed by atoms with Crippen molar-refractivity contribution in [2.45, 2.75) is 40.5 Å². The van der Waals surface area contributed by atoms with E-state index in [9.17, 15) is 10.2 Å². The molecular formula is C30H32O4. The fourth-order valence-electron chi connectivity index (χ4n) is 3.99. The minimum Gasteiger partial charge on any atom is -0.508 e. The Morgan fingerprint density at radius 2 is 0.676 bits per heavy atom. The van der Waals surface area contributed by atoms with E-state index in [4.69, 9.17) is 10.2 Å². The summed E-state index contributed by atoms with van der Waals surface area (Å²) in [5, 5.41) is 37.8. The maximum absolute atomic E-state index is 9.79. The van der Waals surface area contributed by atoms with Gasteiger partial charge < -0.3 is 20.4 Å². The summed E-state index contributed by atoms with van der Waals surface area (Å²) >= 11 is 0. The monoisotopic (exact) mass is 456 g/mol. The Morgan fingerprint density at radius 3 is 0.971 bits per heavy atom. The molecule has 0 atom stereocenters. The highest BCUT2D eigenvalue weighted by atomic mass is 16.3. The van der Waals surface area contributed by atoms with Crippen LogP contribution in [0.15, 0.2) is 72.8 Å². The third-order valence-electron chi connectivity index (χ3n) is 5.79. The van der Waals surface area contributed by atoms with Crippen LogP contribution in [0.4, 0.5) is 0 Å². The molecule has 0 spiro atoms. The number of aryl methyl sites for hydroxylation is 4. The highest BCUT2D eigenvalue weighted by Gasteiger charge is 2.07. The number of aromatic hydroxyl groups is 4. The van der Waals surface area contributed by atoms with Crippen LogP contribution in [0.2, 0.25) is 0 Å². The molecule has 0 fully saturated rings. The molecule has 0 heterocycles. The van der Waals surface area contributed by atoms with Crippen molar-refractivity contribution in [3.05, 3.63) is 117 Å². The van der Waals surface area contributed by atoms with Gasteiger partial charge in [0.2, 0.25) is 0 Å². The second-order valence-electron chi connectivity index (χ2n) is 8.84. The van der Waals surface area contributed by atoms with E-state index in [-0.39, 0.29) is 11.5 Å². The second kappa shape index (κ2) is 10.8. The minimum atomic E-state index is 0.282. The maximum Gasteiger partial charge on any atom is 0.121 e. The smallest absolute Gasteiger partial charge is 0.121 e. The molecule has 0 aromatic heterocycles. The first-order valence-corrected chi connectivity index (χ1v) is 11.3. The Morgan fingerprint density at radius 1 is 0.412 bits per heavy atom. The molecule has 4 nitrogen and oxygen atoms in total. The van der Waals surface area contributed by atoms with E-state index in [0.717, 1.165) is 46.2 Å². The van der Waals surface area contributed by atoms with Crippen LogP contribution in [0.25, 0.3) is 0 Å². The molecule has 0 amide bonds. The summed E-state index contributed by atoms with van der Waals surface area (Å²) < 4.78 is 0. The van der Waals surface area contributed by atoms with Crippen LogP contribution in [-0.4, -0.2) is 20.4 Å². The zero-order valence-electron chi connectivity index (χ0n) is 20.1. The van der Waals surface area contributed by atoms with Crippen LogP contribution in [0.1, 0.15) is 44.5 Å². The van der Waals surface area contributed by atoms with E-state index in [2.05, 4.69) is 0 Å². The van der Waals surface area contributed by atoms with Gasteiger partial charge in [0.15, 0.2) is 0 Å². The van der Waals surface area contributed by atoms with Gasteiger partial charge in [-0.15, -0.1) is 0 Å². The summed E-state index contributed by atoms with van der Waals surface area (Å²) in [7, 11) is 0. The van der Waals surface area contributed by atoms with Gasteiger partial charge in [0, 0.05) is 0 Å². The third-order valence-corrected chi connectivity index (χ3v) is 5.79. The van der Waals surface area contributed by atoms with Crippen molar-refractivity contribution in [3.63, 3.8) is 0 Å². The Bertz CT molecular complexity index is 1110. The van der Waals surface area contributed by atoms with Crippen molar-refractivity contribution in [2.75, 3.05) is 0 Å². The number of hydrogen-bond donors (Lipinski definition) is 4. The van der Waals surface area contributed by atoms with Gasteiger partial charge in [-0.05, 0) is 109 Å². The van der Waals surface area contributed by atoms with E-state index in [1.54, 1.807) is 24.3 Å². The van der Waals surface area contributed by atoms with Crippen molar-refractivity contribution in [2.24, 2.45) is 0 Å². The predicted octanol–water partition coefficient (Wildman–Crippen LogP) is 6.61. The molecule has 0 unspecified atom stereocenters. The fraction of sp³-hybridized carbons (Fsp3) is 0.200. The van der Waals surface area contributed by atoms with Crippen LogP contribution in [0.5, 0.6) is 23.0 Å². The van der Waals surface area contributed by atoms with Crippen LogP contribution in [0.3, 0.4) is 0 Å². The van der Waals surface area contributed by atoms with Gasteiger partial charge in [0.1, 0.15) is 23.0 Å². The van der Waals surface area contributed by atoms with Gasteiger partial charge >= 0.3 is 0 Å². The molecule has 0 radical (unpaired) electrons. The summed E-state index contributed by atoms with van der Waals surface area (Å²) in [6.07, 6.45) is 1.62. The number of rotatable bonds is 4. The normalized spacial score (nSPS) is 10.5. The van der Waals surface area contributed by atoms with Crippen LogP contribution < -0.4 is 0 Å². The van der Waals surface area contributed by atoms with Gasteiger partial charge in [0.25, 0.3) is 0 Å². The van der Waals surface area contributed by atoms with Crippen LogP contribution in [-0.2, 0) is 12.8 Å². The molecule has 4 heteroatoms. The van der Waals surface area contributed by atoms with Crippen molar-refractivity contribution in [3.8, 4) is 23.0 Å². The Kier molecular flexibility index (Phi) is 7.85. The molecule has 4 aromatic rings. The van der Waals surface area contributed by atoms with E-state index in [0.29, 0.717) is 11.5 Å². The van der Waals surface area contributed by atoms with Gasteiger partial charge in [-0.2, -0.15) is 0 Å². The highest BCUT2D eigenvalue weighted by Crippen LogP contribution is 2.27. The molecule has 0 aliphatic carbocycles. The maximum atomic E-state index is 9.79. The van der Waals surface area contributed by atoms with Gasteiger partial charge in [-0.25, -0.2) is 0 Å². The molecule has 4 N–H and O–H groups in total. The molecule has 176 valence electrons. The van der Waals surface area contributed by atoms with Crippen molar-refractivity contribution < 1.29 is 20.4 Å². The minimum absolute atomic E-state index is 0.282. The molecule has 0 saturated carbocycles. The van der Waals surface area contributed by atoms with Crippen molar-refractivity contribution in [1.29, 1.82) is 0 Å². The molecule has 0 aliphatic rings. The van der Waals surface area contributed by atoms with E-state index < -0.39 is 0 Å². The third kappa shape index (κ3) is 6.55. The average Bonchev–Trinajstić information content (AvgIpc) is 2.79. The Balaban J connectivity index is 0.000000196. The molecule has 0 bridgehead atoms. The first kappa shape index (κ1) is 24.7. The quantitative estimate of drug-likeness (QED) is 0.278. The predicted molar refractivity (Wildman–Crippen MR) is 137 cm³/mol. The van der Waals surface area contributed by atoms with Gasteiger partial charge in [0.05, 0.1) is 0 Å². The highest BCUT2D eigenvalue weighted by molar-refractivity contribution is 5.46. The van der Waals surface area contributed by atoms with E-state index in [1.165, 1.54) is 11.1 Å². The fourth-order valence-corrected chi connectivity index (χ4v) is 3.99. The summed E-state index contributed by atoms with van der Waals surface area (Å²) in [4.78, 5) is 0. The average molecular weight is 457 g/mol. The topological polar surface area (TPSA) is 80.9 Å². The number of benzene rings is 4. The van der Waals surface area contributed by atoms with Gasteiger partial charge in [-0.3, -0.25) is 0 Å². The molecule has 34 heavy (non-hydrogen) atoms. The molecule has 4 aromatic carbocycles. The lowest BCUT2D eigenvalue weighted by Crippen LogP contribution is -1.93. The number of phenols is 4. The summed E-state index contributed by atoms with van der Waals surface area (Å²) in [6, 6.07) is 22.3. The lowest BCUT2D eigenvalue weighted by atomic mass is 9.97. The van der Waals surface area contributed by atoms with Crippen LogP contribution in [0, 0.1) is 27.7 Å². The van der Waals surface area contributed by atoms with E-state index >= 15 is 0 Å². The number of hydrogen-bond acceptors (Lipinski definition) is 4. The molecule has 0 saturated heterocycles. The lowest BCUT2D eigenvalue weighted by Gasteiger charge is -2.10. The summed E-state index contributed by atoms with van der Waals surface area (Å²) in [5.74, 6) is 1.32. The van der Waals surface area contributed by atoms with Crippen molar-refractivity contribution in [1.82, 2.24) is 0 Å². The molecule has 4 rings (SSSR count). The Labute approximate surface area is 201 Å². The number of phenolic OH excluding ortho intramolecular Hbond substituents is 4. The van der Waals surface area contributed by atoms with Crippen LogP contribution >= 0.6 is 0 Å². The zero-order valence-corrected chi connectivity index (χ0v) is 20.1. The lowest BCUT2D eigenvalue weighted by molar-refractivity contribution is 0.466. The first-order valence-electron chi connectivity index (χ1n) is 11.3. The molecular weight excluding hydrogens is 424 g/mol. The SMILES string of the molecule is Cc1cc(Cc2cc(C)c(O)c(C)c2)cc(C)c1O.Oc1ccc(Cc2ccc(O)cc2)cc1. The Hall–Kier alpha value is -3.92. The zero-order chi connectivity index (χ0) is 24.8. The van der Waals surface area contributed by atoms with Crippen molar-refractivity contribution >= 4 is 0 Å². The largest absolute Gasteiger partial charge is 0.508 e. The summed E-state index contributed by atoms with van der Waals surface area (Å²) in [5.41, 5.74) is 8.25. The first-order chi connectivity index (χ1) is 16.1. The second-order valence-corrected chi connectivity index (χ2v) is 8.84. The summed E-state index contributed by atoms with van der Waals surface area (Å²) in [6.45, 7) is 7.66. The van der Waals surface area contributed by atoms with Gasteiger partial charge in [-0.1, -0.05) is 48.5 Å². The van der Waals surface area contributed by atoms with E-state index in [1.807, 2.05) is 76.2 Å². The molecule has 0 aliphatic heterocycles.